The van der Waals surface area contributed by atoms with Crippen molar-refractivity contribution in [2.45, 2.75) is 0 Å². The number of aromatic nitrogens is 1. The SMILES string of the molecule is C1COCCN1.O=C(O)c1c2ccccc2cn1-c1ccccc1. The molecule has 2 heterocycles. The second-order valence-corrected chi connectivity index (χ2v) is 5.44. The van der Waals surface area contributed by atoms with Crippen molar-refractivity contribution in [3.05, 3.63) is 66.5 Å². The highest BCUT2D eigenvalue weighted by atomic mass is 16.5. The van der Waals surface area contributed by atoms with E-state index in [1.807, 2.05) is 60.8 Å². The Morgan fingerprint density at radius 1 is 1.00 bits per heavy atom. The lowest BCUT2D eigenvalue weighted by atomic mass is 10.2. The number of carboxylic acids is 1. The molecule has 1 aliphatic rings. The lowest BCUT2D eigenvalue weighted by Crippen LogP contribution is -2.30. The molecule has 1 aliphatic heterocycles. The molecule has 0 aliphatic carbocycles. The summed E-state index contributed by atoms with van der Waals surface area (Å²) in [7, 11) is 0. The summed E-state index contributed by atoms with van der Waals surface area (Å²) >= 11 is 0. The molecule has 0 amide bonds. The number of morpholine rings is 1. The molecule has 124 valence electrons. The fourth-order valence-electron chi connectivity index (χ4n) is 2.68. The van der Waals surface area contributed by atoms with Gasteiger partial charge in [0.25, 0.3) is 0 Å². The number of nitrogens with one attached hydrogen (secondary N) is 1. The van der Waals surface area contributed by atoms with Gasteiger partial charge in [-0.05, 0) is 12.1 Å². The summed E-state index contributed by atoms with van der Waals surface area (Å²) in [4.78, 5) is 11.4. The summed E-state index contributed by atoms with van der Waals surface area (Å²) < 4.78 is 6.72. The Hall–Kier alpha value is -2.63. The summed E-state index contributed by atoms with van der Waals surface area (Å²) in [6.07, 6.45) is 1.86. The Labute approximate surface area is 140 Å². The van der Waals surface area contributed by atoms with Crippen molar-refractivity contribution in [3.63, 3.8) is 0 Å². The van der Waals surface area contributed by atoms with Crippen LogP contribution in [-0.2, 0) is 4.74 Å². The third kappa shape index (κ3) is 3.64. The van der Waals surface area contributed by atoms with Crippen LogP contribution < -0.4 is 5.32 Å². The number of nitrogens with zero attached hydrogens (tertiary/aromatic N) is 1. The molecule has 4 rings (SSSR count). The zero-order chi connectivity index (χ0) is 16.8. The van der Waals surface area contributed by atoms with Crippen molar-refractivity contribution in [1.29, 1.82) is 0 Å². The predicted octanol–water partition coefficient (Wildman–Crippen LogP) is 2.93. The highest BCUT2D eigenvalue weighted by Gasteiger charge is 2.16. The van der Waals surface area contributed by atoms with Crippen molar-refractivity contribution in [2.24, 2.45) is 0 Å². The van der Waals surface area contributed by atoms with Gasteiger partial charge >= 0.3 is 5.97 Å². The second-order valence-electron chi connectivity index (χ2n) is 5.44. The maximum atomic E-state index is 11.4. The first-order chi connectivity index (χ1) is 11.8. The van der Waals surface area contributed by atoms with E-state index < -0.39 is 5.97 Å². The van der Waals surface area contributed by atoms with E-state index in [1.165, 1.54) is 0 Å². The number of hydrogen-bond donors (Lipinski definition) is 2. The summed E-state index contributed by atoms with van der Waals surface area (Å²) in [5, 5.41) is 14.2. The molecule has 5 nitrogen and oxygen atoms in total. The van der Waals surface area contributed by atoms with E-state index in [0.29, 0.717) is 5.69 Å². The van der Waals surface area contributed by atoms with E-state index in [2.05, 4.69) is 5.32 Å². The zero-order valence-electron chi connectivity index (χ0n) is 13.3. The molecule has 3 aromatic rings. The van der Waals surface area contributed by atoms with Gasteiger partial charge in [0.05, 0.1) is 13.2 Å². The summed E-state index contributed by atoms with van der Waals surface area (Å²) in [5.41, 5.74) is 1.16. The van der Waals surface area contributed by atoms with Gasteiger partial charge in [0.15, 0.2) is 0 Å². The van der Waals surface area contributed by atoms with Gasteiger partial charge in [-0.3, -0.25) is 0 Å². The lowest BCUT2D eigenvalue weighted by Gasteiger charge is -2.10. The number of para-hydroxylation sites is 1. The fraction of sp³-hybridized carbons (Fsp3) is 0.211. The lowest BCUT2D eigenvalue weighted by molar-refractivity contribution is 0.0690. The Kier molecular flexibility index (Phi) is 5.25. The molecule has 0 unspecified atom stereocenters. The Morgan fingerprint density at radius 3 is 2.25 bits per heavy atom. The Morgan fingerprint density at radius 2 is 1.67 bits per heavy atom. The quantitative estimate of drug-likeness (QED) is 0.761. The van der Waals surface area contributed by atoms with Crippen LogP contribution in [0, 0.1) is 0 Å². The largest absolute Gasteiger partial charge is 0.477 e. The molecule has 0 spiro atoms. The number of rotatable bonds is 2. The topological polar surface area (TPSA) is 63.5 Å². The van der Waals surface area contributed by atoms with Gasteiger partial charge in [-0.1, -0.05) is 42.5 Å². The van der Waals surface area contributed by atoms with Crippen molar-refractivity contribution in [2.75, 3.05) is 26.3 Å². The maximum Gasteiger partial charge on any atom is 0.353 e. The number of carbonyl (C=O) groups is 1. The Bertz CT molecular complexity index is 796. The van der Waals surface area contributed by atoms with E-state index in [-0.39, 0.29) is 0 Å². The summed E-state index contributed by atoms with van der Waals surface area (Å²) in [5.74, 6) is -0.917. The summed E-state index contributed by atoms with van der Waals surface area (Å²) in [6, 6.07) is 17.0. The van der Waals surface area contributed by atoms with E-state index in [9.17, 15) is 9.90 Å². The van der Waals surface area contributed by atoms with E-state index in [1.54, 1.807) is 4.57 Å². The molecule has 2 aromatic carbocycles. The van der Waals surface area contributed by atoms with Crippen LogP contribution >= 0.6 is 0 Å². The van der Waals surface area contributed by atoms with E-state index in [4.69, 9.17) is 4.74 Å². The van der Waals surface area contributed by atoms with Crippen LogP contribution in [0.5, 0.6) is 0 Å². The fourth-order valence-corrected chi connectivity index (χ4v) is 2.68. The van der Waals surface area contributed by atoms with Crippen molar-refractivity contribution >= 4 is 16.7 Å². The minimum Gasteiger partial charge on any atom is -0.477 e. The molecule has 5 heteroatoms. The van der Waals surface area contributed by atoms with Gasteiger partial charge < -0.3 is 19.7 Å². The minimum absolute atomic E-state index is 0.303. The maximum absolute atomic E-state index is 11.4. The highest BCUT2D eigenvalue weighted by Crippen LogP contribution is 2.24. The molecule has 0 atom stereocenters. The third-order valence-electron chi connectivity index (χ3n) is 3.81. The van der Waals surface area contributed by atoms with Crippen LogP contribution in [0.3, 0.4) is 0 Å². The molecular weight excluding hydrogens is 304 g/mol. The van der Waals surface area contributed by atoms with Crippen LogP contribution in [0.4, 0.5) is 0 Å². The van der Waals surface area contributed by atoms with Gasteiger partial charge in [0.2, 0.25) is 0 Å². The number of aromatic carboxylic acids is 1. The molecule has 1 saturated heterocycles. The molecular formula is C19H20N2O3. The average Bonchev–Trinajstić information content (AvgIpc) is 3.04. The van der Waals surface area contributed by atoms with E-state index in [0.717, 1.165) is 42.8 Å². The van der Waals surface area contributed by atoms with Crippen LogP contribution in [0.15, 0.2) is 60.8 Å². The van der Waals surface area contributed by atoms with Gasteiger partial charge in [-0.25, -0.2) is 4.79 Å². The molecule has 0 bridgehead atoms. The van der Waals surface area contributed by atoms with Gasteiger partial charge in [0.1, 0.15) is 5.69 Å². The monoisotopic (exact) mass is 324 g/mol. The minimum atomic E-state index is -0.917. The van der Waals surface area contributed by atoms with Gasteiger partial charge in [-0.2, -0.15) is 0 Å². The van der Waals surface area contributed by atoms with Crippen LogP contribution in [0.25, 0.3) is 16.5 Å². The molecule has 2 N–H and O–H groups in total. The first kappa shape index (κ1) is 16.2. The van der Waals surface area contributed by atoms with Crippen molar-refractivity contribution in [1.82, 2.24) is 9.88 Å². The van der Waals surface area contributed by atoms with Crippen LogP contribution in [0.1, 0.15) is 10.5 Å². The molecule has 0 saturated carbocycles. The van der Waals surface area contributed by atoms with Crippen LogP contribution in [0.2, 0.25) is 0 Å². The van der Waals surface area contributed by atoms with E-state index >= 15 is 0 Å². The van der Waals surface area contributed by atoms with Crippen molar-refractivity contribution < 1.29 is 14.6 Å². The first-order valence-electron chi connectivity index (χ1n) is 7.94. The standard InChI is InChI=1S/C15H11NO2.C4H9NO/c17-15(18)14-13-9-5-4-6-11(13)10-16(14)12-7-2-1-3-8-12;1-3-6-4-2-5-1/h1-10H,(H,17,18);5H,1-4H2. The molecule has 1 fully saturated rings. The normalized spacial score (nSPS) is 14.0. The Balaban J connectivity index is 0.000000238. The molecule has 0 radical (unpaired) electrons. The summed E-state index contributed by atoms with van der Waals surface area (Å²) in [6.45, 7) is 3.83. The number of hydrogen-bond acceptors (Lipinski definition) is 3. The molecule has 24 heavy (non-hydrogen) atoms. The average molecular weight is 324 g/mol. The molecule has 1 aromatic heterocycles. The first-order valence-corrected chi connectivity index (χ1v) is 7.94. The van der Waals surface area contributed by atoms with Crippen LogP contribution in [-0.4, -0.2) is 41.9 Å². The van der Waals surface area contributed by atoms with Gasteiger partial charge in [-0.15, -0.1) is 0 Å². The number of ether oxygens (including phenoxy) is 1. The smallest absolute Gasteiger partial charge is 0.353 e. The van der Waals surface area contributed by atoms with Gasteiger partial charge in [0, 0.05) is 35.7 Å². The predicted molar refractivity (Wildman–Crippen MR) is 93.9 cm³/mol. The number of fused-ring (bicyclic) bond motifs is 1. The zero-order valence-corrected chi connectivity index (χ0v) is 13.3. The number of benzene rings is 2. The third-order valence-corrected chi connectivity index (χ3v) is 3.81. The highest BCUT2D eigenvalue weighted by molar-refractivity contribution is 6.03. The number of carboxylic acid groups (broad SMARTS) is 1. The van der Waals surface area contributed by atoms with Crippen molar-refractivity contribution in [3.8, 4) is 5.69 Å². The second kappa shape index (κ2) is 7.77.